The van der Waals surface area contributed by atoms with Crippen molar-refractivity contribution in [3.63, 3.8) is 0 Å². The maximum absolute atomic E-state index is 10.7. The lowest BCUT2D eigenvalue weighted by Crippen LogP contribution is -2.31. The molecule has 1 fully saturated rings. The summed E-state index contributed by atoms with van der Waals surface area (Å²) >= 11 is 0. The van der Waals surface area contributed by atoms with Crippen LogP contribution in [-0.4, -0.2) is 25.3 Å². The smallest absolute Gasteiger partial charge is 0.316 e. The topological polar surface area (TPSA) is 76.4 Å². The van der Waals surface area contributed by atoms with Gasteiger partial charge in [0.2, 0.25) is 0 Å². The first-order valence-electron chi connectivity index (χ1n) is 6.15. The Morgan fingerprint density at radius 3 is 2.72 bits per heavy atom. The number of urea groups is 1. The van der Waals surface area contributed by atoms with E-state index in [4.69, 9.17) is 10.5 Å². The van der Waals surface area contributed by atoms with E-state index in [1.165, 1.54) is 5.56 Å². The number of primary amides is 1. The summed E-state index contributed by atoms with van der Waals surface area (Å²) in [7, 11) is 0. The van der Waals surface area contributed by atoms with Crippen molar-refractivity contribution in [2.24, 2.45) is 5.73 Å². The van der Waals surface area contributed by atoms with E-state index in [2.05, 4.69) is 17.6 Å². The van der Waals surface area contributed by atoms with Gasteiger partial charge < -0.3 is 21.1 Å². The zero-order chi connectivity index (χ0) is 13.0. The van der Waals surface area contributed by atoms with Crippen LogP contribution in [0.1, 0.15) is 24.9 Å². The molecule has 0 aromatic heterocycles. The van der Waals surface area contributed by atoms with Gasteiger partial charge in [-0.15, -0.1) is 0 Å². The van der Waals surface area contributed by atoms with Gasteiger partial charge in [-0.1, -0.05) is 12.1 Å². The molecule has 1 heterocycles. The van der Waals surface area contributed by atoms with Gasteiger partial charge in [0, 0.05) is 24.4 Å². The van der Waals surface area contributed by atoms with Gasteiger partial charge in [-0.2, -0.15) is 0 Å². The quantitative estimate of drug-likeness (QED) is 0.759. The predicted octanol–water partition coefficient (Wildman–Crippen LogP) is 1.62. The van der Waals surface area contributed by atoms with E-state index in [0.717, 1.165) is 19.6 Å². The van der Waals surface area contributed by atoms with E-state index in [-0.39, 0.29) is 6.04 Å². The van der Waals surface area contributed by atoms with Crippen LogP contribution >= 0.6 is 0 Å². The van der Waals surface area contributed by atoms with Crippen LogP contribution in [0.15, 0.2) is 24.3 Å². The number of rotatable bonds is 4. The van der Waals surface area contributed by atoms with Crippen molar-refractivity contribution >= 4 is 11.7 Å². The van der Waals surface area contributed by atoms with Crippen LogP contribution in [0, 0.1) is 0 Å². The van der Waals surface area contributed by atoms with Crippen LogP contribution in [0.3, 0.4) is 0 Å². The zero-order valence-corrected chi connectivity index (χ0v) is 10.5. The third-order valence-electron chi connectivity index (χ3n) is 3.09. The SMILES string of the molecule is CC(NC1CCOC1)c1ccc(NC(N)=O)cc1. The maximum Gasteiger partial charge on any atom is 0.316 e. The lowest BCUT2D eigenvalue weighted by molar-refractivity contribution is 0.188. The third-order valence-corrected chi connectivity index (χ3v) is 3.09. The first-order chi connectivity index (χ1) is 8.65. The third kappa shape index (κ3) is 3.45. The molecule has 0 saturated carbocycles. The average Bonchev–Trinajstić information content (AvgIpc) is 2.82. The van der Waals surface area contributed by atoms with E-state index in [9.17, 15) is 4.79 Å². The van der Waals surface area contributed by atoms with Gasteiger partial charge >= 0.3 is 6.03 Å². The van der Waals surface area contributed by atoms with Crippen LogP contribution in [0.5, 0.6) is 0 Å². The summed E-state index contributed by atoms with van der Waals surface area (Å²) in [4.78, 5) is 10.7. The molecule has 1 saturated heterocycles. The molecule has 0 bridgehead atoms. The molecule has 1 aromatic carbocycles. The first kappa shape index (κ1) is 12.9. The number of nitrogens with one attached hydrogen (secondary N) is 2. The maximum atomic E-state index is 10.7. The molecule has 1 aromatic rings. The Labute approximate surface area is 107 Å². The molecule has 5 nitrogen and oxygen atoms in total. The van der Waals surface area contributed by atoms with E-state index < -0.39 is 6.03 Å². The minimum absolute atomic E-state index is 0.263. The summed E-state index contributed by atoms with van der Waals surface area (Å²) in [5.41, 5.74) is 6.94. The monoisotopic (exact) mass is 249 g/mol. The Bertz CT molecular complexity index is 399. The highest BCUT2D eigenvalue weighted by Gasteiger charge is 2.18. The molecule has 2 rings (SSSR count). The number of nitrogens with two attached hydrogens (primary N) is 1. The van der Waals surface area contributed by atoms with Crippen molar-refractivity contribution < 1.29 is 9.53 Å². The Morgan fingerprint density at radius 2 is 2.17 bits per heavy atom. The molecule has 2 amide bonds. The van der Waals surface area contributed by atoms with Crippen LogP contribution < -0.4 is 16.4 Å². The highest BCUT2D eigenvalue weighted by molar-refractivity contribution is 5.87. The van der Waals surface area contributed by atoms with Gasteiger partial charge in [0.25, 0.3) is 0 Å². The molecule has 2 unspecified atom stereocenters. The van der Waals surface area contributed by atoms with Crippen molar-refractivity contribution in [3.05, 3.63) is 29.8 Å². The Kier molecular flexibility index (Phi) is 4.17. The van der Waals surface area contributed by atoms with Gasteiger partial charge in [-0.25, -0.2) is 4.79 Å². The van der Waals surface area contributed by atoms with Crippen molar-refractivity contribution in [2.75, 3.05) is 18.5 Å². The van der Waals surface area contributed by atoms with Crippen LogP contribution in [0.4, 0.5) is 10.5 Å². The van der Waals surface area contributed by atoms with Gasteiger partial charge in [-0.05, 0) is 31.0 Å². The minimum Gasteiger partial charge on any atom is -0.380 e. The van der Waals surface area contributed by atoms with E-state index in [0.29, 0.717) is 11.7 Å². The van der Waals surface area contributed by atoms with Crippen molar-refractivity contribution in [1.82, 2.24) is 5.32 Å². The fourth-order valence-electron chi connectivity index (χ4n) is 2.11. The molecule has 0 spiro atoms. The Hall–Kier alpha value is -1.59. The molecule has 1 aliphatic heterocycles. The fraction of sp³-hybridized carbons (Fsp3) is 0.462. The second kappa shape index (κ2) is 5.84. The van der Waals surface area contributed by atoms with E-state index >= 15 is 0 Å². The van der Waals surface area contributed by atoms with Gasteiger partial charge in [0.15, 0.2) is 0 Å². The van der Waals surface area contributed by atoms with Crippen LogP contribution in [0.2, 0.25) is 0 Å². The molecule has 18 heavy (non-hydrogen) atoms. The number of amides is 2. The molecule has 5 heteroatoms. The Balaban J connectivity index is 1.93. The van der Waals surface area contributed by atoms with Crippen molar-refractivity contribution in [1.29, 1.82) is 0 Å². The van der Waals surface area contributed by atoms with E-state index in [1.807, 2.05) is 24.3 Å². The molecule has 4 N–H and O–H groups in total. The summed E-state index contributed by atoms with van der Waals surface area (Å²) in [6, 6.07) is 7.82. The van der Waals surface area contributed by atoms with Gasteiger partial charge in [-0.3, -0.25) is 0 Å². The summed E-state index contributed by atoms with van der Waals surface area (Å²) < 4.78 is 5.33. The number of hydrogen-bond acceptors (Lipinski definition) is 3. The molecular formula is C13H19N3O2. The Morgan fingerprint density at radius 1 is 1.44 bits per heavy atom. The minimum atomic E-state index is -0.544. The number of carbonyl (C=O) groups excluding carboxylic acids is 1. The molecule has 98 valence electrons. The number of anilines is 1. The lowest BCUT2D eigenvalue weighted by atomic mass is 10.1. The lowest BCUT2D eigenvalue weighted by Gasteiger charge is -2.18. The van der Waals surface area contributed by atoms with Crippen molar-refractivity contribution in [2.45, 2.75) is 25.4 Å². The summed E-state index contributed by atoms with van der Waals surface area (Å²) in [5.74, 6) is 0. The molecule has 0 aliphatic carbocycles. The highest BCUT2D eigenvalue weighted by atomic mass is 16.5. The standard InChI is InChI=1S/C13H19N3O2/c1-9(15-12-6-7-18-8-12)10-2-4-11(5-3-10)16-13(14)17/h2-5,9,12,15H,6-8H2,1H3,(H3,14,16,17). The van der Waals surface area contributed by atoms with Gasteiger partial charge in [0.05, 0.1) is 6.61 Å². The molecular weight excluding hydrogens is 230 g/mol. The molecule has 2 atom stereocenters. The number of hydrogen-bond donors (Lipinski definition) is 3. The number of ether oxygens (including phenoxy) is 1. The largest absolute Gasteiger partial charge is 0.380 e. The van der Waals surface area contributed by atoms with E-state index in [1.54, 1.807) is 0 Å². The first-order valence-corrected chi connectivity index (χ1v) is 6.15. The van der Waals surface area contributed by atoms with Gasteiger partial charge in [0.1, 0.15) is 0 Å². The number of benzene rings is 1. The number of carbonyl (C=O) groups is 1. The molecule has 0 radical (unpaired) electrons. The highest BCUT2D eigenvalue weighted by Crippen LogP contribution is 2.18. The second-order valence-electron chi connectivity index (χ2n) is 4.56. The summed E-state index contributed by atoms with van der Waals surface area (Å²) in [5, 5.41) is 6.06. The summed E-state index contributed by atoms with van der Waals surface area (Å²) in [6.07, 6.45) is 1.06. The fourth-order valence-corrected chi connectivity index (χ4v) is 2.11. The second-order valence-corrected chi connectivity index (χ2v) is 4.56. The normalized spacial score (nSPS) is 20.6. The van der Waals surface area contributed by atoms with Crippen molar-refractivity contribution in [3.8, 4) is 0 Å². The predicted molar refractivity (Wildman–Crippen MR) is 70.4 cm³/mol. The molecule has 1 aliphatic rings. The average molecular weight is 249 g/mol. The zero-order valence-electron chi connectivity index (χ0n) is 10.5. The van der Waals surface area contributed by atoms with Crippen LogP contribution in [-0.2, 0) is 4.74 Å². The summed E-state index contributed by atoms with van der Waals surface area (Å²) in [6.45, 7) is 3.74. The van der Waals surface area contributed by atoms with Crippen LogP contribution in [0.25, 0.3) is 0 Å².